The lowest BCUT2D eigenvalue weighted by Gasteiger charge is -2.08. The van der Waals surface area contributed by atoms with Crippen molar-refractivity contribution in [2.45, 2.75) is 12.6 Å². The molecule has 0 unspecified atom stereocenters. The van der Waals surface area contributed by atoms with E-state index >= 15 is 0 Å². The number of hydrogen-bond donors (Lipinski definition) is 1. The van der Waals surface area contributed by atoms with Gasteiger partial charge in [0.15, 0.2) is 0 Å². The Morgan fingerprint density at radius 2 is 1.79 bits per heavy atom. The first kappa shape index (κ1) is 17.8. The van der Waals surface area contributed by atoms with E-state index in [-0.39, 0.29) is 23.5 Å². The molecule has 1 N–H and O–H groups in total. The van der Waals surface area contributed by atoms with E-state index in [1.165, 1.54) is 6.33 Å². The summed E-state index contributed by atoms with van der Waals surface area (Å²) in [6.45, 7) is 0. The van der Waals surface area contributed by atoms with Crippen LogP contribution in [0.25, 0.3) is 22.0 Å². The molecule has 140 valence electrons. The van der Waals surface area contributed by atoms with Crippen LogP contribution in [0, 0.1) is 0 Å². The first-order chi connectivity index (χ1) is 13.4. The van der Waals surface area contributed by atoms with Gasteiger partial charge in [0.1, 0.15) is 12.2 Å². The average molecular weight is 383 g/mol. The van der Waals surface area contributed by atoms with Gasteiger partial charge in [-0.25, -0.2) is 15.0 Å². The highest BCUT2D eigenvalue weighted by Crippen LogP contribution is 2.29. The third-order valence-corrected chi connectivity index (χ3v) is 4.14. The molecule has 0 atom stereocenters. The highest BCUT2D eigenvalue weighted by atomic mass is 19.4. The van der Waals surface area contributed by atoms with Gasteiger partial charge in [-0.15, -0.1) is 0 Å². The minimum Gasteiger partial charge on any atom is -0.310 e. The molecular formula is C19H12F3N5O. The summed E-state index contributed by atoms with van der Waals surface area (Å²) in [6.07, 6.45) is 1.27. The first-order valence-corrected chi connectivity index (χ1v) is 8.20. The van der Waals surface area contributed by atoms with E-state index in [1.54, 1.807) is 30.6 Å². The van der Waals surface area contributed by atoms with Crippen LogP contribution in [0.5, 0.6) is 0 Å². The fourth-order valence-corrected chi connectivity index (χ4v) is 2.82. The molecule has 0 spiro atoms. The Labute approximate surface area is 156 Å². The third kappa shape index (κ3) is 3.59. The number of halogens is 3. The van der Waals surface area contributed by atoms with E-state index in [2.05, 4.69) is 24.9 Å². The molecule has 6 nitrogen and oxygen atoms in total. The Kier molecular flexibility index (Phi) is 4.34. The Morgan fingerprint density at radius 3 is 2.54 bits per heavy atom. The lowest BCUT2D eigenvalue weighted by Crippen LogP contribution is -2.13. The van der Waals surface area contributed by atoms with Crippen LogP contribution in [0.15, 0.2) is 60.0 Å². The predicted octanol–water partition coefficient (Wildman–Crippen LogP) is 3.38. The number of rotatable bonds is 3. The Hall–Kier alpha value is -3.62. The molecule has 9 heteroatoms. The monoisotopic (exact) mass is 383 g/mol. The molecule has 4 aromatic rings. The Bertz CT molecular complexity index is 1210. The molecule has 0 bridgehead atoms. The molecule has 0 radical (unpaired) electrons. The maximum atomic E-state index is 12.8. The predicted molar refractivity (Wildman–Crippen MR) is 95.4 cm³/mol. The number of H-pyrrole nitrogens is 1. The fraction of sp³-hybridized carbons (Fsp3) is 0.105. The summed E-state index contributed by atoms with van der Waals surface area (Å²) in [4.78, 5) is 31.3. The standard InChI is InChI=1S/C19H12F3N5O/c20-19(21,22)13-3-4-25-14(6-13)7-17-26-16-2-1-11(5-15(16)18(28)27-17)12-8-23-10-24-9-12/h1-6,8-10H,7H2,(H,26,27,28). The van der Waals surface area contributed by atoms with Crippen molar-refractivity contribution in [1.82, 2.24) is 24.9 Å². The smallest absolute Gasteiger partial charge is 0.310 e. The van der Waals surface area contributed by atoms with Gasteiger partial charge in [-0.2, -0.15) is 13.2 Å². The molecule has 0 aliphatic rings. The second-order valence-electron chi connectivity index (χ2n) is 6.08. The van der Waals surface area contributed by atoms with Crippen molar-refractivity contribution in [2.24, 2.45) is 0 Å². The van der Waals surface area contributed by atoms with Gasteiger partial charge in [0.2, 0.25) is 0 Å². The number of nitrogens with zero attached hydrogens (tertiary/aromatic N) is 4. The molecule has 0 saturated carbocycles. The highest BCUT2D eigenvalue weighted by Gasteiger charge is 2.30. The van der Waals surface area contributed by atoms with Crippen molar-refractivity contribution in [3.63, 3.8) is 0 Å². The maximum absolute atomic E-state index is 12.8. The van der Waals surface area contributed by atoms with Gasteiger partial charge in [-0.1, -0.05) is 6.07 Å². The summed E-state index contributed by atoms with van der Waals surface area (Å²) in [5.74, 6) is 0.236. The number of pyridine rings is 1. The largest absolute Gasteiger partial charge is 0.416 e. The molecule has 28 heavy (non-hydrogen) atoms. The zero-order chi connectivity index (χ0) is 19.7. The number of benzene rings is 1. The second-order valence-corrected chi connectivity index (χ2v) is 6.08. The molecule has 0 aliphatic carbocycles. The van der Waals surface area contributed by atoms with Gasteiger partial charge in [0.05, 0.1) is 16.5 Å². The lowest BCUT2D eigenvalue weighted by molar-refractivity contribution is -0.137. The number of fused-ring (bicyclic) bond motifs is 1. The summed E-state index contributed by atoms with van der Waals surface area (Å²) in [5.41, 5.74) is 0.927. The van der Waals surface area contributed by atoms with Crippen molar-refractivity contribution >= 4 is 10.9 Å². The van der Waals surface area contributed by atoms with E-state index in [9.17, 15) is 18.0 Å². The van der Waals surface area contributed by atoms with Crippen LogP contribution in [0.3, 0.4) is 0 Å². The van der Waals surface area contributed by atoms with Gasteiger partial charge < -0.3 is 4.98 Å². The quantitative estimate of drug-likeness (QED) is 0.586. The number of nitrogens with one attached hydrogen (secondary N) is 1. The number of aromatic nitrogens is 5. The molecule has 3 heterocycles. The van der Waals surface area contributed by atoms with Crippen molar-refractivity contribution in [3.8, 4) is 11.1 Å². The van der Waals surface area contributed by atoms with Crippen LogP contribution >= 0.6 is 0 Å². The van der Waals surface area contributed by atoms with Crippen LogP contribution in [-0.4, -0.2) is 24.9 Å². The normalized spacial score (nSPS) is 11.7. The minimum absolute atomic E-state index is 0.0244. The average Bonchev–Trinajstić information content (AvgIpc) is 2.68. The highest BCUT2D eigenvalue weighted by molar-refractivity contribution is 5.83. The zero-order valence-electron chi connectivity index (χ0n) is 14.2. The molecule has 0 aliphatic heterocycles. The van der Waals surface area contributed by atoms with Crippen LogP contribution < -0.4 is 5.56 Å². The lowest BCUT2D eigenvalue weighted by atomic mass is 10.1. The topological polar surface area (TPSA) is 84.4 Å². The fourth-order valence-electron chi connectivity index (χ4n) is 2.82. The van der Waals surface area contributed by atoms with E-state index in [1.807, 2.05) is 0 Å². The summed E-state index contributed by atoms with van der Waals surface area (Å²) < 4.78 is 38.5. The zero-order valence-corrected chi connectivity index (χ0v) is 14.2. The van der Waals surface area contributed by atoms with E-state index in [0.29, 0.717) is 10.9 Å². The van der Waals surface area contributed by atoms with Crippen molar-refractivity contribution < 1.29 is 13.2 Å². The van der Waals surface area contributed by atoms with Crippen molar-refractivity contribution in [3.05, 3.63) is 82.7 Å². The summed E-state index contributed by atoms with van der Waals surface area (Å²) in [7, 11) is 0. The summed E-state index contributed by atoms with van der Waals surface area (Å²) in [6, 6.07) is 6.97. The molecule has 0 saturated heterocycles. The molecule has 4 rings (SSSR count). The molecule has 0 amide bonds. The molecule has 0 fully saturated rings. The van der Waals surface area contributed by atoms with Gasteiger partial charge >= 0.3 is 6.18 Å². The van der Waals surface area contributed by atoms with Crippen LogP contribution in [0.2, 0.25) is 0 Å². The van der Waals surface area contributed by atoms with Crippen LogP contribution in [0.1, 0.15) is 17.1 Å². The van der Waals surface area contributed by atoms with Crippen molar-refractivity contribution in [2.75, 3.05) is 0 Å². The first-order valence-electron chi connectivity index (χ1n) is 8.20. The molecule has 3 aromatic heterocycles. The second kappa shape index (κ2) is 6.84. The van der Waals surface area contributed by atoms with E-state index in [4.69, 9.17) is 0 Å². The number of alkyl halides is 3. The van der Waals surface area contributed by atoms with Gasteiger partial charge in [0, 0.05) is 36.3 Å². The number of hydrogen-bond acceptors (Lipinski definition) is 5. The van der Waals surface area contributed by atoms with Crippen LogP contribution in [-0.2, 0) is 12.6 Å². The number of aromatic amines is 1. The van der Waals surface area contributed by atoms with Crippen molar-refractivity contribution in [1.29, 1.82) is 0 Å². The summed E-state index contributed by atoms with van der Waals surface area (Å²) >= 11 is 0. The third-order valence-electron chi connectivity index (χ3n) is 4.14. The van der Waals surface area contributed by atoms with E-state index in [0.717, 1.165) is 29.5 Å². The van der Waals surface area contributed by atoms with Gasteiger partial charge in [-0.05, 0) is 29.8 Å². The molecular weight excluding hydrogens is 371 g/mol. The Balaban J connectivity index is 1.70. The molecule has 1 aromatic carbocycles. The SMILES string of the molecule is O=c1[nH]c(Cc2cc(C(F)(F)F)ccn2)nc2ccc(-c3cncnc3)cc12. The van der Waals surface area contributed by atoms with Crippen LogP contribution in [0.4, 0.5) is 13.2 Å². The van der Waals surface area contributed by atoms with Gasteiger partial charge in [-0.3, -0.25) is 9.78 Å². The van der Waals surface area contributed by atoms with E-state index < -0.39 is 11.7 Å². The minimum atomic E-state index is -4.46. The Morgan fingerprint density at radius 1 is 1.00 bits per heavy atom. The summed E-state index contributed by atoms with van der Waals surface area (Å²) in [5, 5.41) is 0.363. The van der Waals surface area contributed by atoms with Gasteiger partial charge in [0.25, 0.3) is 5.56 Å². The maximum Gasteiger partial charge on any atom is 0.416 e.